The van der Waals surface area contributed by atoms with Gasteiger partial charge >= 0.3 is 0 Å². The lowest BCUT2D eigenvalue weighted by Gasteiger charge is -2.02. The second kappa shape index (κ2) is 4.89. The third kappa shape index (κ3) is 3.08. The summed E-state index contributed by atoms with van der Waals surface area (Å²) in [5.74, 6) is -0.190. The molecule has 0 heterocycles. The van der Waals surface area contributed by atoms with E-state index in [-0.39, 0.29) is 19.1 Å². The molecule has 13 heavy (non-hydrogen) atoms. The zero-order valence-electron chi connectivity index (χ0n) is 7.03. The molecule has 0 aliphatic rings. The fourth-order valence-corrected chi connectivity index (χ4v) is 1.14. The van der Waals surface area contributed by atoms with Gasteiger partial charge in [0.05, 0.1) is 6.61 Å². The second-order valence-corrected chi connectivity index (χ2v) is 3.05. The van der Waals surface area contributed by atoms with E-state index in [1.54, 1.807) is 24.3 Å². The van der Waals surface area contributed by atoms with E-state index in [4.69, 9.17) is 5.11 Å². The molecule has 0 spiro atoms. The maximum absolute atomic E-state index is 11.3. The van der Waals surface area contributed by atoms with E-state index in [1.165, 1.54) is 0 Å². The van der Waals surface area contributed by atoms with Gasteiger partial charge in [-0.2, -0.15) is 0 Å². The van der Waals surface area contributed by atoms with Crippen molar-refractivity contribution in [2.45, 2.75) is 4.90 Å². The molecule has 3 nitrogen and oxygen atoms in total. The van der Waals surface area contributed by atoms with Gasteiger partial charge in [0.25, 0.3) is 5.91 Å². The Morgan fingerprint density at radius 2 is 2.31 bits per heavy atom. The van der Waals surface area contributed by atoms with E-state index in [2.05, 4.69) is 17.9 Å². The zero-order valence-corrected chi connectivity index (χ0v) is 7.92. The summed E-state index contributed by atoms with van der Waals surface area (Å²) in [4.78, 5) is 12.0. The number of thiol groups is 1. The van der Waals surface area contributed by atoms with Crippen LogP contribution < -0.4 is 5.32 Å². The van der Waals surface area contributed by atoms with Crippen LogP contribution in [0.1, 0.15) is 10.4 Å². The van der Waals surface area contributed by atoms with Crippen molar-refractivity contribution in [2.24, 2.45) is 0 Å². The number of aliphatic hydroxyl groups is 1. The number of amides is 1. The highest BCUT2D eigenvalue weighted by atomic mass is 32.1. The van der Waals surface area contributed by atoms with Crippen LogP contribution in [0.2, 0.25) is 0 Å². The van der Waals surface area contributed by atoms with E-state index >= 15 is 0 Å². The van der Waals surface area contributed by atoms with Crippen molar-refractivity contribution in [1.82, 2.24) is 5.32 Å². The average molecular weight is 197 g/mol. The van der Waals surface area contributed by atoms with Gasteiger partial charge < -0.3 is 10.4 Å². The molecule has 0 unspecified atom stereocenters. The number of nitrogens with one attached hydrogen (secondary N) is 1. The first-order valence-electron chi connectivity index (χ1n) is 3.92. The van der Waals surface area contributed by atoms with Gasteiger partial charge in [-0.1, -0.05) is 6.07 Å². The Balaban J connectivity index is 2.66. The predicted octanol–water partition coefficient (Wildman–Crippen LogP) is 0.697. The SMILES string of the molecule is O=C(NCCO)c1cccc(S)c1. The Bertz CT molecular complexity index is 301. The standard InChI is InChI=1S/C9H11NO2S/c11-5-4-10-9(12)7-2-1-3-8(13)6-7/h1-3,6,11,13H,4-5H2,(H,10,12). The first-order chi connectivity index (χ1) is 6.24. The zero-order chi connectivity index (χ0) is 9.68. The van der Waals surface area contributed by atoms with E-state index in [0.717, 1.165) is 4.90 Å². The lowest BCUT2D eigenvalue weighted by atomic mass is 10.2. The quantitative estimate of drug-likeness (QED) is 0.625. The molecule has 0 saturated carbocycles. The van der Waals surface area contributed by atoms with Gasteiger partial charge in [-0.3, -0.25) is 4.79 Å². The number of carbonyl (C=O) groups is 1. The molecule has 1 amide bonds. The van der Waals surface area contributed by atoms with E-state index < -0.39 is 0 Å². The van der Waals surface area contributed by atoms with E-state index in [0.29, 0.717) is 5.56 Å². The van der Waals surface area contributed by atoms with Crippen LogP contribution in [0, 0.1) is 0 Å². The summed E-state index contributed by atoms with van der Waals surface area (Å²) < 4.78 is 0. The summed E-state index contributed by atoms with van der Waals surface area (Å²) in [5.41, 5.74) is 0.556. The maximum Gasteiger partial charge on any atom is 0.251 e. The smallest absolute Gasteiger partial charge is 0.251 e. The number of benzene rings is 1. The van der Waals surface area contributed by atoms with Gasteiger partial charge in [-0.25, -0.2) is 0 Å². The van der Waals surface area contributed by atoms with Crippen molar-refractivity contribution in [1.29, 1.82) is 0 Å². The van der Waals surface area contributed by atoms with Crippen molar-refractivity contribution in [3.8, 4) is 0 Å². The van der Waals surface area contributed by atoms with E-state index in [9.17, 15) is 4.79 Å². The normalized spacial score (nSPS) is 9.69. The molecule has 0 fully saturated rings. The molecule has 0 atom stereocenters. The predicted molar refractivity (Wildman–Crippen MR) is 53.1 cm³/mol. The Labute approximate surface area is 82.2 Å². The molecule has 0 aliphatic carbocycles. The largest absolute Gasteiger partial charge is 0.395 e. The molecule has 0 bridgehead atoms. The Morgan fingerprint density at radius 1 is 1.54 bits per heavy atom. The first kappa shape index (κ1) is 10.1. The molecule has 4 heteroatoms. The fourth-order valence-electron chi connectivity index (χ4n) is 0.919. The minimum Gasteiger partial charge on any atom is -0.395 e. The number of rotatable bonds is 3. The van der Waals surface area contributed by atoms with Gasteiger partial charge in [0.1, 0.15) is 0 Å². The highest BCUT2D eigenvalue weighted by Gasteiger charge is 2.03. The van der Waals surface area contributed by atoms with Crippen molar-refractivity contribution >= 4 is 18.5 Å². The number of aliphatic hydroxyl groups excluding tert-OH is 1. The summed E-state index contributed by atoms with van der Waals surface area (Å²) in [6.07, 6.45) is 0. The lowest BCUT2D eigenvalue weighted by molar-refractivity contribution is 0.0944. The van der Waals surface area contributed by atoms with Crippen LogP contribution in [0.25, 0.3) is 0 Å². The molecule has 0 aromatic heterocycles. The summed E-state index contributed by atoms with van der Waals surface area (Å²) in [5, 5.41) is 11.0. The van der Waals surface area contributed by atoms with Crippen LogP contribution in [0.4, 0.5) is 0 Å². The van der Waals surface area contributed by atoms with E-state index in [1.807, 2.05) is 0 Å². The van der Waals surface area contributed by atoms with Crippen molar-refractivity contribution in [3.63, 3.8) is 0 Å². The van der Waals surface area contributed by atoms with Crippen LogP contribution >= 0.6 is 12.6 Å². The molecule has 1 aromatic rings. The highest BCUT2D eigenvalue weighted by molar-refractivity contribution is 7.80. The molecule has 2 N–H and O–H groups in total. The average Bonchev–Trinajstić information content (AvgIpc) is 2.14. The lowest BCUT2D eigenvalue weighted by Crippen LogP contribution is -2.26. The third-order valence-electron chi connectivity index (χ3n) is 1.51. The van der Waals surface area contributed by atoms with Crippen molar-refractivity contribution in [2.75, 3.05) is 13.2 Å². The van der Waals surface area contributed by atoms with Gasteiger partial charge in [-0.15, -0.1) is 12.6 Å². The van der Waals surface area contributed by atoms with Crippen LogP contribution in [-0.4, -0.2) is 24.2 Å². The van der Waals surface area contributed by atoms with Crippen LogP contribution in [0.5, 0.6) is 0 Å². The molecule has 0 radical (unpaired) electrons. The monoisotopic (exact) mass is 197 g/mol. The van der Waals surface area contributed by atoms with Crippen molar-refractivity contribution in [3.05, 3.63) is 29.8 Å². The molecule has 1 aromatic carbocycles. The van der Waals surface area contributed by atoms with Crippen LogP contribution in [-0.2, 0) is 0 Å². The minimum absolute atomic E-state index is 0.0493. The summed E-state index contributed by atoms with van der Waals surface area (Å²) >= 11 is 4.11. The second-order valence-electron chi connectivity index (χ2n) is 2.53. The molecule has 0 aliphatic heterocycles. The highest BCUT2D eigenvalue weighted by Crippen LogP contribution is 2.08. The number of hydrogen-bond acceptors (Lipinski definition) is 3. The third-order valence-corrected chi connectivity index (χ3v) is 1.78. The van der Waals surface area contributed by atoms with Gasteiger partial charge in [-0.05, 0) is 18.2 Å². The number of carbonyl (C=O) groups excluding carboxylic acids is 1. The number of hydrogen-bond donors (Lipinski definition) is 3. The fraction of sp³-hybridized carbons (Fsp3) is 0.222. The Kier molecular flexibility index (Phi) is 3.79. The minimum atomic E-state index is -0.190. The molecule has 0 saturated heterocycles. The van der Waals surface area contributed by atoms with Gasteiger partial charge in [0.2, 0.25) is 0 Å². The Morgan fingerprint density at radius 3 is 2.92 bits per heavy atom. The summed E-state index contributed by atoms with van der Waals surface area (Å²) in [6.45, 7) is 0.224. The van der Waals surface area contributed by atoms with Crippen molar-refractivity contribution < 1.29 is 9.90 Å². The first-order valence-corrected chi connectivity index (χ1v) is 4.37. The summed E-state index contributed by atoms with van der Waals surface area (Å²) in [7, 11) is 0. The molecule has 70 valence electrons. The summed E-state index contributed by atoms with van der Waals surface area (Å²) in [6, 6.07) is 6.93. The van der Waals surface area contributed by atoms with Gasteiger partial charge in [0.15, 0.2) is 0 Å². The Hall–Kier alpha value is -1.00. The molecule has 1 rings (SSSR count). The maximum atomic E-state index is 11.3. The molecular weight excluding hydrogens is 186 g/mol. The van der Waals surface area contributed by atoms with Gasteiger partial charge in [0, 0.05) is 17.0 Å². The van der Waals surface area contributed by atoms with Crippen LogP contribution in [0.3, 0.4) is 0 Å². The molecular formula is C9H11NO2S. The topological polar surface area (TPSA) is 49.3 Å². The van der Waals surface area contributed by atoms with Crippen LogP contribution in [0.15, 0.2) is 29.2 Å².